The Labute approximate surface area is 177 Å². The van der Waals surface area contributed by atoms with E-state index in [-0.39, 0.29) is 30.7 Å². The molecule has 162 valence electrons. The lowest BCUT2D eigenvalue weighted by molar-refractivity contribution is -0.142. The SMILES string of the molecule is CC(C)C[C@@H](C(=O)N1C[C@]2(CC1C#N)C(=O)Nc1ccccc12)N(C)C(O)CCN. The van der Waals surface area contributed by atoms with E-state index in [0.717, 1.165) is 11.3 Å². The lowest BCUT2D eigenvalue weighted by Gasteiger charge is -2.35. The number of likely N-dealkylation sites (tertiary alicyclic amines) is 1. The number of carbonyl (C=O) groups excluding carboxylic acids is 2. The third-order valence-electron chi connectivity index (χ3n) is 6.28. The molecule has 0 radical (unpaired) electrons. The van der Waals surface area contributed by atoms with Crippen LogP contribution in [0.25, 0.3) is 0 Å². The van der Waals surface area contributed by atoms with Crippen LogP contribution < -0.4 is 11.1 Å². The number of nitriles is 1. The van der Waals surface area contributed by atoms with Gasteiger partial charge >= 0.3 is 0 Å². The van der Waals surface area contributed by atoms with Crippen LogP contribution in [0.5, 0.6) is 0 Å². The van der Waals surface area contributed by atoms with Crippen molar-refractivity contribution in [3.63, 3.8) is 0 Å². The van der Waals surface area contributed by atoms with Gasteiger partial charge in [-0.3, -0.25) is 14.5 Å². The maximum Gasteiger partial charge on any atom is 0.241 e. The molecule has 0 aliphatic carbocycles. The Morgan fingerprint density at radius 2 is 2.17 bits per heavy atom. The molecule has 3 rings (SSSR count). The molecule has 8 heteroatoms. The normalized spacial score (nSPS) is 24.8. The van der Waals surface area contributed by atoms with E-state index in [0.29, 0.717) is 19.4 Å². The molecular weight excluding hydrogens is 382 g/mol. The van der Waals surface area contributed by atoms with Gasteiger partial charge in [0.1, 0.15) is 12.3 Å². The summed E-state index contributed by atoms with van der Waals surface area (Å²) in [5.41, 5.74) is 6.24. The number of likely N-dealkylation sites (N-methyl/N-ethyl adjacent to an activating group) is 1. The van der Waals surface area contributed by atoms with Gasteiger partial charge in [-0.25, -0.2) is 0 Å². The number of nitrogens with one attached hydrogen (secondary N) is 1. The van der Waals surface area contributed by atoms with Crippen LogP contribution >= 0.6 is 0 Å². The van der Waals surface area contributed by atoms with Crippen molar-refractivity contribution in [1.29, 1.82) is 5.26 Å². The summed E-state index contributed by atoms with van der Waals surface area (Å²) in [4.78, 5) is 29.7. The largest absolute Gasteiger partial charge is 0.378 e. The average Bonchev–Trinajstić information content (AvgIpc) is 3.24. The molecule has 0 saturated carbocycles. The van der Waals surface area contributed by atoms with Gasteiger partial charge in [0.2, 0.25) is 11.8 Å². The number of fused-ring (bicyclic) bond motifs is 2. The molecule has 1 aromatic rings. The van der Waals surface area contributed by atoms with E-state index in [4.69, 9.17) is 5.73 Å². The maximum absolute atomic E-state index is 13.6. The van der Waals surface area contributed by atoms with Crippen LogP contribution in [0.4, 0.5) is 5.69 Å². The van der Waals surface area contributed by atoms with Crippen LogP contribution in [0, 0.1) is 17.2 Å². The van der Waals surface area contributed by atoms with Gasteiger partial charge in [-0.1, -0.05) is 32.0 Å². The van der Waals surface area contributed by atoms with E-state index >= 15 is 0 Å². The van der Waals surface area contributed by atoms with Crippen molar-refractivity contribution >= 4 is 17.5 Å². The fourth-order valence-electron chi connectivity index (χ4n) is 4.63. The highest BCUT2D eigenvalue weighted by Crippen LogP contribution is 2.46. The zero-order valence-electron chi connectivity index (χ0n) is 17.8. The quantitative estimate of drug-likeness (QED) is 0.574. The van der Waals surface area contributed by atoms with Gasteiger partial charge in [0, 0.05) is 18.7 Å². The standard InChI is InChI=1S/C22H31N5O3/c1-14(2)10-18(26(3)19(28)8-9-23)20(29)27-13-22(11-15(27)12-24)16-6-4-5-7-17(16)25-21(22)30/h4-7,14-15,18-19,28H,8-11,13,23H2,1-3H3,(H,25,30)/t15?,18-,19?,22-/m0/s1. The highest BCUT2D eigenvalue weighted by atomic mass is 16.3. The molecule has 0 aromatic heterocycles. The molecule has 8 nitrogen and oxygen atoms in total. The molecule has 0 bridgehead atoms. The van der Waals surface area contributed by atoms with Crippen molar-refractivity contribution < 1.29 is 14.7 Å². The van der Waals surface area contributed by atoms with Crippen LogP contribution in [-0.2, 0) is 15.0 Å². The molecule has 2 unspecified atom stereocenters. The Morgan fingerprint density at radius 3 is 2.80 bits per heavy atom. The Kier molecular flexibility index (Phi) is 6.46. The number of anilines is 1. The van der Waals surface area contributed by atoms with Gasteiger partial charge < -0.3 is 21.1 Å². The Bertz CT molecular complexity index is 851. The molecule has 1 saturated heterocycles. The molecule has 1 spiro atoms. The van der Waals surface area contributed by atoms with Crippen molar-refractivity contribution in [1.82, 2.24) is 9.80 Å². The monoisotopic (exact) mass is 413 g/mol. The number of aliphatic hydroxyl groups excluding tert-OH is 1. The molecule has 1 fully saturated rings. The second-order valence-electron chi connectivity index (χ2n) is 8.77. The summed E-state index contributed by atoms with van der Waals surface area (Å²) in [6, 6.07) is 8.36. The van der Waals surface area contributed by atoms with E-state index in [2.05, 4.69) is 11.4 Å². The second kappa shape index (κ2) is 8.72. The summed E-state index contributed by atoms with van der Waals surface area (Å²) in [5.74, 6) is -0.196. The van der Waals surface area contributed by atoms with Gasteiger partial charge in [-0.15, -0.1) is 0 Å². The van der Waals surface area contributed by atoms with Crippen LogP contribution in [0.15, 0.2) is 24.3 Å². The summed E-state index contributed by atoms with van der Waals surface area (Å²) in [5, 5.41) is 23.1. The predicted molar refractivity (Wildman–Crippen MR) is 113 cm³/mol. The highest BCUT2D eigenvalue weighted by Gasteiger charge is 2.56. The molecule has 30 heavy (non-hydrogen) atoms. The molecule has 4 atom stereocenters. The summed E-state index contributed by atoms with van der Waals surface area (Å²) >= 11 is 0. The van der Waals surface area contributed by atoms with Gasteiger partial charge in [0.25, 0.3) is 0 Å². The summed E-state index contributed by atoms with van der Waals surface area (Å²) in [6.45, 7) is 4.48. The lowest BCUT2D eigenvalue weighted by Crippen LogP contribution is -2.53. The Hall–Kier alpha value is -2.47. The lowest BCUT2D eigenvalue weighted by atomic mass is 9.80. The second-order valence-corrected chi connectivity index (χ2v) is 8.77. The van der Waals surface area contributed by atoms with E-state index in [1.54, 1.807) is 11.9 Å². The minimum Gasteiger partial charge on any atom is -0.378 e. The number of nitrogens with zero attached hydrogens (tertiary/aromatic N) is 3. The highest BCUT2D eigenvalue weighted by molar-refractivity contribution is 6.07. The number of carbonyl (C=O) groups is 2. The number of hydrogen-bond donors (Lipinski definition) is 3. The van der Waals surface area contributed by atoms with Crippen molar-refractivity contribution in [3.8, 4) is 6.07 Å². The number of hydrogen-bond acceptors (Lipinski definition) is 6. The van der Waals surface area contributed by atoms with Gasteiger partial charge in [0.15, 0.2) is 0 Å². The number of nitrogens with two attached hydrogens (primary N) is 1. The first kappa shape index (κ1) is 22.2. The predicted octanol–water partition coefficient (Wildman–Crippen LogP) is 1.01. The van der Waals surface area contributed by atoms with E-state index in [1.165, 1.54) is 4.90 Å². The Morgan fingerprint density at radius 1 is 1.47 bits per heavy atom. The van der Waals surface area contributed by atoms with Gasteiger partial charge in [-0.2, -0.15) is 5.26 Å². The fraction of sp³-hybridized carbons (Fsp3) is 0.591. The van der Waals surface area contributed by atoms with Gasteiger partial charge in [-0.05, 0) is 44.0 Å². The number of para-hydroxylation sites is 1. The van der Waals surface area contributed by atoms with E-state index in [1.807, 2.05) is 38.1 Å². The van der Waals surface area contributed by atoms with E-state index < -0.39 is 23.7 Å². The van der Waals surface area contributed by atoms with Crippen molar-refractivity contribution in [2.45, 2.75) is 56.8 Å². The fourth-order valence-corrected chi connectivity index (χ4v) is 4.63. The molecule has 2 amide bonds. The first-order chi connectivity index (χ1) is 14.2. The molecule has 4 N–H and O–H groups in total. The molecule has 2 aliphatic rings. The van der Waals surface area contributed by atoms with Crippen LogP contribution in [-0.4, -0.2) is 65.2 Å². The van der Waals surface area contributed by atoms with Crippen molar-refractivity contribution in [2.75, 3.05) is 25.5 Å². The first-order valence-corrected chi connectivity index (χ1v) is 10.5. The summed E-state index contributed by atoms with van der Waals surface area (Å²) in [6.07, 6.45) is 0.290. The topological polar surface area (TPSA) is 123 Å². The average molecular weight is 414 g/mol. The van der Waals surface area contributed by atoms with E-state index in [9.17, 15) is 20.0 Å². The first-order valence-electron chi connectivity index (χ1n) is 10.5. The van der Waals surface area contributed by atoms with Crippen LogP contribution in [0.2, 0.25) is 0 Å². The van der Waals surface area contributed by atoms with Crippen LogP contribution in [0.1, 0.15) is 38.7 Å². The molecule has 2 heterocycles. The van der Waals surface area contributed by atoms with Gasteiger partial charge in [0.05, 0.1) is 17.5 Å². The number of aliphatic hydroxyl groups is 1. The third-order valence-corrected chi connectivity index (χ3v) is 6.28. The summed E-state index contributed by atoms with van der Waals surface area (Å²) < 4.78 is 0. The molecule has 2 aliphatic heterocycles. The minimum atomic E-state index is -0.913. The number of rotatable bonds is 7. The molecule has 1 aromatic carbocycles. The molecular formula is C22H31N5O3. The zero-order valence-corrected chi connectivity index (χ0v) is 17.8. The summed E-state index contributed by atoms with van der Waals surface area (Å²) in [7, 11) is 1.70. The third kappa shape index (κ3) is 3.81. The smallest absolute Gasteiger partial charge is 0.241 e. The van der Waals surface area contributed by atoms with Crippen LogP contribution in [0.3, 0.4) is 0 Å². The Balaban J connectivity index is 1.92. The number of amides is 2. The van der Waals surface area contributed by atoms with Crippen molar-refractivity contribution in [3.05, 3.63) is 29.8 Å². The minimum absolute atomic E-state index is 0.155. The zero-order chi connectivity index (χ0) is 22.1. The number of benzene rings is 1. The maximum atomic E-state index is 13.6. The van der Waals surface area contributed by atoms with Crippen molar-refractivity contribution in [2.24, 2.45) is 11.7 Å².